The average Bonchev–Trinajstić information content (AvgIpc) is 2.89. The molecule has 1 aromatic rings. The second kappa shape index (κ2) is 5.76. The summed E-state index contributed by atoms with van der Waals surface area (Å²) in [5, 5.41) is 11.3. The molecule has 1 saturated heterocycles. The summed E-state index contributed by atoms with van der Waals surface area (Å²) in [6, 6.07) is 3.75. The van der Waals surface area contributed by atoms with Crippen LogP contribution in [-0.2, 0) is 14.4 Å². The summed E-state index contributed by atoms with van der Waals surface area (Å²) in [4.78, 5) is 48.6. The maximum Gasteiger partial charge on any atom is 0.313 e. The molecule has 2 fully saturated rings. The van der Waals surface area contributed by atoms with Gasteiger partial charge >= 0.3 is 11.7 Å². The number of anilines is 1. The summed E-state index contributed by atoms with van der Waals surface area (Å²) in [7, 11) is 0. The topological polar surface area (TPSA) is 107 Å². The van der Waals surface area contributed by atoms with E-state index in [1.807, 2.05) is 12.2 Å². The Morgan fingerprint density at radius 2 is 1.73 bits per heavy atom. The predicted molar refractivity (Wildman–Crippen MR) is 89.2 cm³/mol. The summed E-state index contributed by atoms with van der Waals surface area (Å²) in [5.74, 6) is -2.23. The number of hydrogen-bond donors (Lipinski definition) is 0. The molecule has 0 spiro atoms. The zero-order valence-electron chi connectivity index (χ0n) is 14.0. The maximum atomic E-state index is 12.9. The van der Waals surface area contributed by atoms with Gasteiger partial charge in [-0.3, -0.25) is 24.5 Å². The highest BCUT2D eigenvalue weighted by Gasteiger charge is 2.57. The number of carbonyl (C=O) groups excluding carboxylic acids is 3. The Labute approximate surface area is 148 Å². The molecule has 8 heteroatoms. The second-order valence-electron chi connectivity index (χ2n) is 6.86. The van der Waals surface area contributed by atoms with Gasteiger partial charge in [-0.1, -0.05) is 12.2 Å². The van der Waals surface area contributed by atoms with Crippen LogP contribution in [0.15, 0.2) is 30.4 Å². The molecule has 1 heterocycles. The number of allylic oxidation sites excluding steroid dienone is 2. The van der Waals surface area contributed by atoms with Crippen molar-refractivity contribution in [3.8, 4) is 5.75 Å². The summed E-state index contributed by atoms with van der Waals surface area (Å²) in [6.07, 6.45) is 5.77. The molecule has 1 aromatic carbocycles. The van der Waals surface area contributed by atoms with E-state index >= 15 is 0 Å². The van der Waals surface area contributed by atoms with Gasteiger partial charge in [0.25, 0.3) is 0 Å². The first kappa shape index (κ1) is 16.4. The predicted octanol–water partition coefficient (Wildman–Crippen LogP) is 2.22. The summed E-state index contributed by atoms with van der Waals surface area (Å²) in [5.41, 5.74) is -0.328. The summed E-state index contributed by atoms with van der Waals surface area (Å²) < 4.78 is 4.84. The van der Waals surface area contributed by atoms with Crippen LogP contribution in [0.3, 0.4) is 0 Å². The smallest absolute Gasteiger partial charge is 0.313 e. The number of nitro groups is 1. The van der Waals surface area contributed by atoms with Crippen molar-refractivity contribution in [3.05, 3.63) is 40.5 Å². The van der Waals surface area contributed by atoms with E-state index in [2.05, 4.69) is 0 Å². The van der Waals surface area contributed by atoms with E-state index in [0.717, 1.165) is 30.7 Å². The molecule has 2 amide bonds. The fourth-order valence-corrected chi connectivity index (χ4v) is 4.36. The van der Waals surface area contributed by atoms with Crippen LogP contribution >= 0.6 is 0 Å². The van der Waals surface area contributed by atoms with Crippen molar-refractivity contribution in [3.63, 3.8) is 0 Å². The van der Waals surface area contributed by atoms with Gasteiger partial charge in [0, 0.05) is 13.0 Å². The third-order valence-corrected chi connectivity index (χ3v) is 5.41. The third kappa shape index (κ3) is 2.33. The van der Waals surface area contributed by atoms with Gasteiger partial charge in [-0.15, -0.1) is 0 Å². The average molecular weight is 356 g/mol. The number of esters is 1. The normalized spacial score (nSPS) is 29.0. The molecule has 0 aromatic heterocycles. The number of hydrogen-bond acceptors (Lipinski definition) is 6. The van der Waals surface area contributed by atoms with Crippen LogP contribution < -0.4 is 9.64 Å². The minimum absolute atomic E-state index is 0.0433. The van der Waals surface area contributed by atoms with Crippen molar-refractivity contribution in [2.75, 3.05) is 4.90 Å². The van der Waals surface area contributed by atoms with Crippen LogP contribution in [0.2, 0.25) is 0 Å². The highest BCUT2D eigenvalue weighted by atomic mass is 16.6. The highest BCUT2D eigenvalue weighted by molar-refractivity contribution is 6.22. The number of imide groups is 1. The molecule has 5 rings (SSSR count). The Morgan fingerprint density at radius 1 is 1.15 bits per heavy atom. The van der Waals surface area contributed by atoms with Crippen molar-refractivity contribution in [2.24, 2.45) is 23.7 Å². The van der Waals surface area contributed by atoms with E-state index < -0.39 is 28.4 Å². The zero-order valence-corrected chi connectivity index (χ0v) is 14.0. The maximum absolute atomic E-state index is 12.9. The van der Waals surface area contributed by atoms with Crippen molar-refractivity contribution < 1.29 is 24.0 Å². The van der Waals surface area contributed by atoms with Crippen molar-refractivity contribution in [1.82, 2.24) is 0 Å². The molecule has 26 heavy (non-hydrogen) atoms. The SMILES string of the molecule is CC(=O)Oc1ccc(N2C(=O)[C@@H]3[C@H](C2=O)[C@@H]2C=C[C@H]3CC2)cc1[N+](=O)[O-]. The summed E-state index contributed by atoms with van der Waals surface area (Å²) >= 11 is 0. The van der Waals surface area contributed by atoms with Gasteiger partial charge in [-0.2, -0.15) is 0 Å². The number of rotatable bonds is 3. The molecule has 8 nitrogen and oxygen atoms in total. The largest absolute Gasteiger partial charge is 0.419 e. The number of carbonyl (C=O) groups is 3. The second-order valence-corrected chi connectivity index (χ2v) is 6.86. The number of amides is 2. The summed E-state index contributed by atoms with van der Waals surface area (Å²) in [6.45, 7) is 1.14. The van der Waals surface area contributed by atoms with E-state index in [4.69, 9.17) is 4.74 Å². The van der Waals surface area contributed by atoms with Gasteiger partial charge in [0.05, 0.1) is 22.4 Å². The molecule has 3 aliphatic carbocycles. The van der Waals surface area contributed by atoms with E-state index in [0.29, 0.717) is 0 Å². The van der Waals surface area contributed by atoms with Crippen molar-refractivity contribution >= 4 is 29.2 Å². The molecule has 134 valence electrons. The minimum atomic E-state index is -0.703. The zero-order chi connectivity index (χ0) is 18.6. The van der Waals surface area contributed by atoms with Gasteiger partial charge in [0.2, 0.25) is 17.6 Å². The number of fused-ring (bicyclic) bond motifs is 1. The van der Waals surface area contributed by atoms with Crippen molar-refractivity contribution in [1.29, 1.82) is 0 Å². The fraction of sp³-hybridized carbons (Fsp3) is 0.389. The molecule has 4 aliphatic rings. The first-order valence-corrected chi connectivity index (χ1v) is 8.41. The molecule has 4 atom stereocenters. The number of benzene rings is 1. The van der Waals surface area contributed by atoms with E-state index in [9.17, 15) is 24.5 Å². The van der Waals surface area contributed by atoms with Gasteiger partial charge in [-0.05, 0) is 36.8 Å². The lowest BCUT2D eigenvalue weighted by molar-refractivity contribution is -0.385. The highest BCUT2D eigenvalue weighted by Crippen LogP contribution is 2.50. The third-order valence-electron chi connectivity index (χ3n) is 5.41. The van der Waals surface area contributed by atoms with Crippen LogP contribution in [0.25, 0.3) is 0 Å². The molecule has 0 N–H and O–H groups in total. The van der Waals surface area contributed by atoms with Crippen molar-refractivity contribution in [2.45, 2.75) is 19.8 Å². The van der Waals surface area contributed by atoms with Gasteiger partial charge in [-0.25, -0.2) is 4.90 Å². The van der Waals surface area contributed by atoms with Crippen LogP contribution in [-0.4, -0.2) is 22.7 Å². The van der Waals surface area contributed by atoms with Gasteiger partial charge in [0.1, 0.15) is 0 Å². The van der Waals surface area contributed by atoms with Crippen LogP contribution in [0, 0.1) is 33.8 Å². The lowest BCUT2D eigenvalue weighted by atomic mass is 9.63. The first-order chi connectivity index (χ1) is 12.4. The monoisotopic (exact) mass is 356 g/mol. The standard InChI is InChI=1S/C18H16N2O6/c1-9(21)26-14-7-6-12(8-13(14)20(24)25)19-17(22)15-10-2-3-11(5-4-10)16(15)18(19)23/h2-3,6-8,10-11,15-16H,4-5H2,1H3/t10-,11+,15-,16+. The first-order valence-electron chi connectivity index (χ1n) is 8.41. The molecule has 2 bridgehead atoms. The minimum Gasteiger partial charge on any atom is -0.419 e. The van der Waals surface area contributed by atoms with E-state index in [-0.39, 0.29) is 35.1 Å². The Hall–Kier alpha value is -3.03. The molecule has 1 saturated carbocycles. The molecule has 0 unspecified atom stereocenters. The number of nitrogens with zero attached hydrogens (tertiary/aromatic N) is 2. The Bertz CT molecular complexity index is 844. The van der Waals surface area contributed by atoms with Crippen LogP contribution in [0.4, 0.5) is 11.4 Å². The Balaban J connectivity index is 1.73. The fourth-order valence-electron chi connectivity index (χ4n) is 4.36. The quantitative estimate of drug-likeness (QED) is 0.205. The van der Waals surface area contributed by atoms with Gasteiger partial charge < -0.3 is 4.74 Å². The van der Waals surface area contributed by atoms with E-state index in [1.54, 1.807) is 0 Å². The van der Waals surface area contributed by atoms with Crippen LogP contribution in [0.5, 0.6) is 5.75 Å². The lowest BCUT2D eigenvalue weighted by Crippen LogP contribution is -2.38. The molecule has 0 radical (unpaired) electrons. The Kier molecular flexibility index (Phi) is 3.64. The van der Waals surface area contributed by atoms with Crippen LogP contribution in [0.1, 0.15) is 19.8 Å². The number of ether oxygens (including phenoxy) is 1. The van der Waals surface area contributed by atoms with Gasteiger partial charge in [0.15, 0.2) is 0 Å². The Morgan fingerprint density at radius 3 is 2.19 bits per heavy atom. The molecular weight excluding hydrogens is 340 g/mol. The molecule has 1 aliphatic heterocycles. The molecular formula is C18H16N2O6. The van der Waals surface area contributed by atoms with E-state index in [1.165, 1.54) is 12.1 Å². The number of nitro benzene ring substituents is 1. The lowest BCUT2D eigenvalue weighted by Gasteiger charge is -2.38.